The summed E-state index contributed by atoms with van der Waals surface area (Å²) in [5.41, 5.74) is 0.829. The molecule has 0 fully saturated rings. The Morgan fingerprint density at radius 2 is 1.96 bits per heavy atom. The lowest BCUT2D eigenvalue weighted by molar-refractivity contribution is 0.747. The zero-order valence-corrected chi connectivity index (χ0v) is 15.9. The number of nitrogens with zero attached hydrogens (tertiary/aromatic N) is 1. The summed E-state index contributed by atoms with van der Waals surface area (Å²) in [4.78, 5) is 18.0. The number of aromatic nitrogens is 1. The van der Waals surface area contributed by atoms with Gasteiger partial charge in [0.25, 0.3) is 0 Å². The molecule has 132 valence electrons. The largest absolute Gasteiger partial charge is 0.369 e. The molecule has 2 aromatic heterocycles. The van der Waals surface area contributed by atoms with Crippen LogP contribution in [0.25, 0.3) is 31.1 Å². The topological polar surface area (TPSA) is 54.0 Å². The molecule has 0 saturated carbocycles. The van der Waals surface area contributed by atoms with Crippen LogP contribution >= 0.6 is 22.9 Å². The first-order chi connectivity index (χ1) is 12.7. The lowest BCUT2D eigenvalue weighted by atomic mass is 10.1. The number of rotatable bonds is 5. The minimum atomic E-state index is 0.00752. The standard InChI is InChI=1S/C20H18ClN3OS/c1-22-9-4-10-23-20-19-17(13-5-2-3-6-15(13)24-20)18(25)14-11-12(21)7-8-16(14)26-19/h2-3,5-8,11,22H,4,9-10H2,1H3,(H,23,24). The summed E-state index contributed by atoms with van der Waals surface area (Å²) in [6, 6.07) is 13.3. The van der Waals surface area contributed by atoms with Crippen molar-refractivity contribution in [3.63, 3.8) is 0 Å². The van der Waals surface area contributed by atoms with Crippen molar-refractivity contribution in [3.05, 3.63) is 57.7 Å². The molecule has 0 aliphatic heterocycles. The second-order valence-corrected chi connectivity index (χ2v) is 7.63. The Bertz CT molecular complexity index is 1170. The van der Waals surface area contributed by atoms with Gasteiger partial charge < -0.3 is 10.6 Å². The van der Waals surface area contributed by atoms with Gasteiger partial charge in [-0.2, -0.15) is 0 Å². The Kier molecular flexibility index (Phi) is 4.76. The van der Waals surface area contributed by atoms with Gasteiger partial charge in [0.1, 0.15) is 5.82 Å². The van der Waals surface area contributed by atoms with Crippen LogP contribution in [0.15, 0.2) is 47.3 Å². The van der Waals surface area contributed by atoms with E-state index in [-0.39, 0.29) is 5.43 Å². The molecular formula is C20H18ClN3OS. The highest BCUT2D eigenvalue weighted by molar-refractivity contribution is 7.25. The minimum absolute atomic E-state index is 0.00752. The number of pyridine rings is 1. The van der Waals surface area contributed by atoms with E-state index in [1.54, 1.807) is 17.4 Å². The van der Waals surface area contributed by atoms with Crippen LogP contribution in [0.5, 0.6) is 0 Å². The molecular weight excluding hydrogens is 366 g/mol. The molecule has 0 spiro atoms. The van der Waals surface area contributed by atoms with Crippen molar-refractivity contribution in [2.75, 3.05) is 25.5 Å². The van der Waals surface area contributed by atoms with E-state index in [1.807, 2.05) is 43.4 Å². The van der Waals surface area contributed by atoms with Gasteiger partial charge in [-0.25, -0.2) is 4.98 Å². The van der Waals surface area contributed by atoms with Crippen LogP contribution in [0.3, 0.4) is 0 Å². The van der Waals surface area contributed by atoms with Gasteiger partial charge in [-0.05, 0) is 44.3 Å². The number of nitrogens with one attached hydrogen (secondary N) is 2. The minimum Gasteiger partial charge on any atom is -0.369 e. The first-order valence-electron chi connectivity index (χ1n) is 8.52. The SMILES string of the molecule is CNCCCNc1nc2ccccc2c2c(=O)c3cc(Cl)ccc3sc12. The molecule has 6 heteroatoms. The highest BCUT2D eigenvalue weighted by Gasteiger charge is 2.15. The number of benzene rings is 2. The van der Waals surface area contributed by atoms with Crippen LogP contribution in [0, 0.1) is 0 Å². The maximum absolute atomic E-state index is 13.3. The molecule has 2 N–H and O–H groups in total. The normalized spacial score (nSPS) is 11.5. The van der Waals surface area contributed by atoms with Crippen molar-refractivity contribution in [3.8, 4) is 0 Å². The molecule has 0 amide bonds. The van der Waals surface area contributed by atoms with E-state index in [0.717, 1.165) is 45.6 Å². The van der Waals surface area contributed by atoms with E-state index in [2.05, 4.69) is 10.6 Å². The average Bonchev–Trinajstić information content (AvgIpc) is 2.66. The van der Waals surface area contributed by atoms with Crippen LogP contribution in [0.2, 0.25) is 5.02 Å². The fourth-order valence-electron chi connectivity index (χ4n) is 3.12. The number of hydrogen-bond acceptors (Lipinski definition) is 5. The third-order valence-electron chi connectivity index (χ3n) is 4.37. The van der Waals surface area contributed by atoms with Crippen molar-refractivity contribution >= 4 is 59.8 Å². The summed E-state index contributed by atoms with van der Waals surface area (Å²) >= 11 is 7.70. The molecule has 4 aromatic rings. The van der Waals surface area contributed by atoms with E-state index in [1.165, 1.54) is 0 Å². The third kappa shape index (κ3) is 3.03. The van der Waals surface area contributed by atoms with Crippen molar-refractivity contribution in [1.29, 1.82) is 0 Å². The molecule has 0 radical (unpaired) electrons. The van der Waals surface area contributed by atoms with Gasteiger partial charge in [-0.15, -0.1) is 11.3 Å². The monoisotopic (exact) mass is 383 g/mol. The maximum atomic E-state index is 13.3. The summed E-state index contributed by atoms with van der Waals surface area (Å²) in [5.74, 6) is 0.772. The average molecular weight is 384 g/mol. The van der Waals surface area contributed by atoms with Crippen LogP contribution in [-0.4, -0.2) is 25.1 Å². The van der Waals surface area contributed by atoms with Gasteiger partial charge in [0.05, 0.1) is 15.6 Å². The van der Waals surface area contributed by atoms with Crippen LogP contribution in [-0.2, 0) is 0 Å². The Morgan fingerprint density at radius 1 is 1.12 bits per heavy atom. The Hall–Kier alpha value is -2.21. The van der Waals surface area contributed by atoms with Crippen LogP contribution in [0.1, 0.15) is 6.42 Å². The summed E-state index contributed by atoms with van der Waals surface area (Å²) in [5, 5.41) is 9.38. The predicted octanol–water partition coefficient (Wildman–Crippen LogP) is 4.64. The van der Waals surface area contributed by atoms with E-state index in [0.29, 0.717) is 15.8 Å². The number of para-hydroxylation sites is 1. The number of fused-ring (bicyclic) bond motifs is 4. The van der Waals surface area contributed by atoms with Gasteiger partial charge in [0.15, 0.2) is 5.43 Å². The summed E-state index contributed by atoms with van der Waals surface area (Å²) in [6.45, 7) is 1.72. The van der Waals surface area contributed by atoms with Crippen molar-refractivity contribution in [2.24, 2.45) is 0 Å². The highest BCUT2D eigenvalue weighted by atomic mass is 35.5. The predicted molar refractivity (Wildman–Crippen MR) is 113 cm³/mol. The molecule has 0 saturated heterocycles. The lowest BCUT2D eigenvalue weighted by Crippen LogP contribution is -2.14. The third-order valence-corrected chi connectivity index (χ3v) is 5.78. The van der Waals surface area contributed by atoms with Crippen molar-refractivity contribution in [2.45, 2.75) is 6.42 Å². The van der Waals surface area contributed by atoms with Gasteiger partial charge in [-0.1, -0.05) is 29.8 Å². The summed E-state index contributed by atoms with van der Waals surface area (Å²) < 4.78 is 1.82. The fraction of sp³-hybridized carbons (Fsp3) is 0.200. The Labute approximate surface area is 159 Å². The van der Waals surface area contributed by atoms with Crippen LogP contribution < -0.4 is 16.1 Å². The molecule has 26 heavy (non-hydrogen) atoms. The Balaban J connectivity index is 2.02. The van der Waals surface area contributed by atoms with E-state index < -0.39 is 0 Å². The molecule has 4 nitrogen and oxygen atoms in total. The van der Waals surface area contributed by atoms with Gasteiger partial charge in [0.2, 0.25) is 0 Å². The molecule has 0 atom stereocenters. The molecule has 0 aliphatic carbocycles. The first kappa shape index (κ1) is 17.2. The first-order valence-corrected chi connectivity index (χ1v) is 9.72. The molecule has 4 rings (SSSR count). The smallest absolute Gasteiger partial charge is 0.196 e. The van der Waals surface area contributed by atoms with Crippen molar-refractivity contribution < 1.29 is 0 Å². The van der Waals surface area contributed by atoms with Crippen molar-refractivity contribution in [1.82, 2.24) is 10.3 Å². The second kappa shape index (κ2) is 7.19. The van der Waals surface area contributed by atoms with E-state index in [4.69, 9.17) is 16.6 Å². The lowest BCUT2D eigenvalue weighted by Gasteiger charge is -2.12. The van der Waals surface area contributed by atoms with Gasteiger partial charge in [-0.3, -0.25) is 4.79 Å². The van der Waals surface area contributed by atoms with E-state index in [9.17, 15) is 4.79 Å². The number of halogens is 1. The molecule has 0 unspecified atom stereocenters. The molecule has 0 bridgehead atoms. The zero-order valence-electron chi connectivity index (χ0n) is 14.3. The number of anilines is 1. The van der Waals surface area contributed by atoms with Gasteiger partial charge >= 0.3 is 0 Å². The molecule has 0 aliphatic rings. The Morgan fingerprint density at radius 3 is 2.81 bits per heavy atom. The quantitative estimate of drug-likeness (QED) is 0.299. The van der Waals surface area contributed by atoms with E-state index >= 15 is 0 Å². The second-order valence-electron chi connectivity index (χ2n) is 6.14. The molecule has 2 heterocycles. The summed E-state index contributed by atoms with van der Waals surface area (Å²) in [6.07, 6.45) is 0.977. The van der Waals surface area contributed by atoms with Gasteiger partial charge in [0, 0.05) is 27.0 Å². The molecule has 2 aromatic carbocycles. The summed E-state index contributed by atoms with van der Waals surface area (Å²) in [7, 11) is 1.94. The highest BCUT2D eigenvalue weighted by Crippen LogP contribution is 2.34. The zero-order chi connectivity index (χ0) is 18.1. The maximum Gasteiger partial charge on any atom is 0.196 e. The fourth-order valence-corrected chi connectivity index (χ4v) is 4.43. The number of hydrogen-bond donors (Lipinski definition) is 2. The van der Waals surface area contributed by atoms with Crippen LogP contribution in [0.4, 0.5) is 5.82 Å².